The van der Waals surface area contributed by atoms with Crippen molar-refractivity contribution in [2.75, 3.05) is 43.1 Å². The van der Waals surface area contributed by atoms with Crippen molar-refractivity contribution in [1.82, 2.24) is 29.4 Å². The molecule has 1 N–H and O–H groups in total. The predicted octanol–water partition coefficient (Wildman–Crippen LogP) is 3.83. The van der Waals surface area contributed by atoms with Gasteiger partial charge in [0.05, 0.1) is 24.2 Å². The molecule has 0 radical (unpaired) electrons. The standard InChI is InChI=1S/C27H30F2N8O2/c1-3-35(17-19-8-10-30-11-9-19)26(38)18(2)31-27-33-22(36-12-14-39-15-13-36)16-23(34-27)37-21-7-5-4-6-20(21)32-25(37)24(28)29/h4-11,16,18,24H,3,12-15,17H2,1-2H3,(H,31,33,34)/t18-/m0/s1. The monoisotopic (exact) mass is 536 g/mol. The summed E-state index contributed by atoms with van der Waals surface area (Å²) in [6, 6.07) is 11.7. The van der Waals surface area contributed by atoms with Crippen LogP contribution in [0.25, 0.3) is 16.9 Å². The van der Waals surface area contributed by atoms with Gasteiger partial charge in [-0.2, -0.15) is 9.97 Å². The summed E-state index contributed by atoms with van der Waals surface area (Å²) in [5.41, 5.74) is 1.91. The number of para-hydroxylation sites is 2. The van der Waals surface area contributed by atoms with Crippen LogP contribution in [0.4, 0.5) is 20.5 Å². The molecule has 1 aromatic carbocycles. The minimum atomic E-state index is -2.82. The van der Waals surface area contributed by atoms with Gasteiger partial charge in [-0.15, -0.1) is 0 Å². The van der Waals surface area contributed by atoms with Gasteiger partial charge in [0.2, 0.25) is 11.9 Å². The molecular weight excluding hydrogens is 506 g/mol. The minimum absolute atomic E-state index is 0.141. The molecule has 1 saturated heterocycles. The van der Waals surface area contributed by atoms with Crippen LogP contribution in [-0.4, -0.2) is 74.2 Å². The van der Waals surface area contributed by atoms with Crippen LogP contribution in [-0.2, 0) is 16.1 Å². The molecule has 10 nitrogen and oxygen atoms in total. The SMILES string of the molecule is CCN(Cc1ccncc1)C(=O)[C@H](C)Nc1nc(N2CCOCC2)cc(-n2c(C(F)F)nc3ccccc32)n1. The lowest BCUT2D eigenvalue weighted by molar-refractivity contribution is -0.132. The van der Waals surface area contributed by atoms with Crippen molar-refractivity contribution in [3.63, 3.8) is 0 Å². The van der Waals surface area contributed by atoms with Crippen LogP contribution in [0, 0.1) is 0 Å². The first-order valence-electron chi connectivity index (χ1n) is 12.9. The van der Waals surface area contributed by atoms with Crippen molar-refractivity contribution in [3.8, 4) is 5.82 Å². The summed E-state index contributed by atoms with van der Waals surface area (Å²) in [6.07, 6.45) is 0.562. The Morgan fingerprint density at radius 2 is 1.79 bits per heavy atom. The van der Waals surface area contributed by atoms with Gasteiger partial charge in [0, 0.05) is 44.6 Å². The Morgan fingerprint density at radius 3 is 2.51 bits per heavy atom. The molecule has 1 aliphatic heterocycles. The second-order valence-electron chi connectivity index (χ2n) is 9.18. The molecule has 1 amide bonds. The van der Waals surface area contributed by atoms with Gasteiger partial charge < -0.3 is 19.9 Å². The number of rotatable bonds is 9. The summed E-state index contributed by atoms with van der Waals surface area (Å²) in [7, 11) is 0. The summed E-state index contributed by atoms with van der Waals surface area (Å²) in [4.78, 5) is 34.5. The van der Waals surface area contributed by atoms with Crippen molar-refractivity contribution in [2.45, 2.75) is 32.9 Å². The summed E-state index contributed by atoms with van der Waals surface area (Å²) < 4.78 is 35.0. The number of morpholine rings is 1. The number of hydrogen-bond donors (Lipinski definition) is 1. The molecule has 1 atom stereocenters. The third kappa shape index (κ3) is 5.80. The Kier molecular flexibility index (Phi) is 7.92. The van der Waals surface area contributed by atoms with Crippen LogP contribution in [0.1, 0.15) is 31.7 Å². The van der Waals surface area contributed by atoms with E-state index in [2.05, 4.69) is 25.3 Å². The molecule has 1 aliphatic rings. The summed E-state index contributed by atoms with van der Waals surface area (Å²) in [5, 5.41) is 3.12. The van der Waals surface area contributed by atoms with Crippen molar-refractivity contribution >= 4 is 28.7 Å². The smallest absolute Gasteiger partial charge is 0.296 e. The van der Waals surface area contributed by atoms with Crippen LogP contribution in [0.5, 0.6) is 0 Å². The largest absolute Gasteiger partial charge is 0.378 e. The molecule has 0 spiro atoms. The van der Waals surface area contributed by atoms with Gasteiger partial charge in [0.25, 0.3) is 6.43 Å². The Balaban J connectivity index is 1.50. The number of imidazole rings is 1. The van der Waals surface area contributed by atoms with E-state index in [0.29, 0.717) is 56.2 Å². The highest BCUT2D eigenvalue weighted by atomic mass is 19.3. The second-order valence-corrected chi connectivity index (χ2v) is 9.18. The number of fused-ring (bicyclic) bond motifs is 1. The van der Waals surface area contributed by atoms with Gasteiger partial charge in [-0.3, -0.25) is 14.3 Å². The maximum Gasteiger partial charge on any atom is 0.296 e. The number of halogens is 2. The fourth-order valence-corrected chi connectivity index (χ4v) is 4.57. The van der Waals surface area contributed by atoms with E-state index in [1.165, 1.54) is 4.57 Å². The first kappa shape index (κ1) is 26.4. The van der Waals surface area contributed by atoms with E-state index in [9.17, 15) is 13.6 Å². The molecule has 204 valence electrons. The number of aromatic nitrogens is 5. The fourth-order valence-electron chi connectivity index (χ4n) is 4.57. The van der Waals surface area contributed by atoms with E-state index < -0.39 is 18.3 Å². The average molecular weight is 537 g/mol. The van der Waals surface area contributed by atoms with E-state index in [1.807, 2.05) is 24.0 Å². The van der Waals surface area contributed by atoms with E-state index in [0.717, 1.165) is 5.56 Å². The maximum atomic E-state index is 14.1. The lowest BCUT2D eigenvalue weighted by Gasteiger charge is -2.29. The number of nitrogens with one attached hydrogen (secondary N) is 1. The summed E-state index contributed by atoms with van der Waals surface area (Å²) in [5.74, 6) is 0.396. The minimum Gasteiger partial charge on any atom is -0.378 e. The average Bonchev–Trinajstić information content (AvgIpc) is 3.36. The highest BCUT2D eigenvalue weighted by Crippen LogP contribution is 2.29. The normalized spacial score (nSPS) is 14.5. The fraction of sp³-hybridized carbons (Fsp3) is 0.370. The highest BCUT2D eigenvalue weighted by molar-refractivity contribution is 5.84. The molecule has 4 heterocycles. The van der Waals surface area contributed by atoms with Gasteiger partial charge in [0.1, 0.15) is 17.7 Å². The van der Waals surface area contributed by atoms with Crippen molar-refractivity contribution in [3.05, 3.63) is 66.2 Å². The van der Waals surface area contributed by atoms with E-state index in [-0.39, 0.29) is 17.7 Å². The first-order chi connectivity index (χ1) is 18.9. The number of hydrogen-bond acceptors (Lipinski definition) is 8. The first-order valence-corrected chi connectivity index (χ1v) is 12.9. The number of likely N-dealkylation sites (N-methyl/N-ethyl adjacent to an activating group) is 1. The molecule has 39 heavy (non-hydrogen) atoms. The molecule has 1 fully saturated rings. The highest BCUT2D eigenvalue weighted by Gasteiger charge is 2.25. The number of pyridine rings is 1. The Morgan fingerprint density at radius 1 is 1.08 bits per heavy atom. The number of nitrogens with zero attached hydrogens (tertiary/aromatic N) is 7. The van der Waals surface area contributed by atoms with Gasteiger partial charge in [-0.05, 0) is 43.7 Å². The Hall–Kier alpha value is -4.19. The maximum absolute atomic E-state index is 14.1. The van der Waals surface area contributed by atoms with Gasteiger partial charge >= 0.3 is 0 Å². The van der Waals surface area contributed by atoms with Gasteiger partial charge in [-0.25, -0.2) is 13.8 Å². The van der Waals surface area contributed by atoms with Crippen LogP contribution in [0.15, 0.2) is 54.9 Å². The number of carbonyl (C=O) groups excluding carboxylic acids is 1. The van der Waals surface area contributed by atoms with Crippen LogP contribution in [0.3, 0.4) is 0 Å². The number of carbonyl (C=O) groups is 1. The van der Waals surface area contributed by atoms with E-state index >= 15 is 0 Å². The molecular formula is C27H30F2N8O2. The van der Waals surface area contributed by atoms with E-state index in [1.54, 1.807) is 54.5 Å². The second kappa shape index (κ2) is 11.7. The topological polar surface area (TPSA) is 101 Å². The molecule has 0 unspecified atom stereocenters. The molecule has 4 aromatic rings. The Labute approximate surface area is 224 Å². The zero-order valence-electron chi connectivity index (χ0n) is 21.8. The summed E-state index contributed by atoms with van der Waals surface area (Å²) >= 11 is 0. The quantitative estimate of drug-likeness (QED) is 0.345. The van der Waals surface area contributed by atoms with Gasteiger partial charge in [-0.1, -0.05) is 12.1 Å². The number of anilines is 2. The van der Waals surface area contributed by atoms with E-state index in [4.69, 9.17) is 4.74 Å². The van der Waals surface area contributed by atoms with Crippen molar-refractivity contribution in [1.29, 1.82) is 0 Å². The Bertz CT molecular complexity index is 1430. The number of amides is 1. The third-order valence-electron chi connectivity index (χ3n) is 6.58. The predicted molar refractivity (Wildman–Crippen MR) is 143 cm³/mol. The van der Waals surface area contributed by atoms with Crippen molar-refractivity contribution < 1.29 is 18.3 Å². The van der Waals surface area contributed by atoms with Crippen LogP contribution in [0.2, 0.25) is 0 Å². The number of benzene rings is 1. The zero-order chi connectivity index (χ0) is 27.4. The molecule has 0 bridgehead atoms. The molecule has 0 aliphatic carbocycles. The van der Waals surface area contributed by atoms with Crippen molar-refractivity contribution in [2.24, 2.45) is 0 Å². The third-order valence-corrected chi connectivity index (χ3v) is 6.58. The lowest BCUT2D eigenvalue weighted by Crippen LogP contribution is -2.41. The van der Waals surface area contributed by atoms with Crippen LogP contribution < -0.4 is 10.2 Å². The molecule has 5 rings (SSSR count). The van der Waals surface area contributed by atoms with Crippen LogP contribution >= 0.6 is 0 Å². The number of ether oxygens (including phenoxy) is 1. The summed E-state index contributed by atoms with van der Waals surface area (Å²) in [6.45, 7) is 6.81. The lowest BCUT2D eigenvalue weighted by atomic mass is 10.2. The van der Waals surface area contributed by atoms with Gasteiger partial charge in [0.15, 0.2) is 5.82 Å². The zero-order valence-corrected chi connectivity index (χ0v) is 21.8. The molecule has 0 saturated carbocycles. The molecule has 12 heteroatoms. The molecule has 3 aromatic heterocycles. The number of alkyl halides is 2.